The summed E-state index contributed by atoms with van der Waals surface area (Å²) in [6.07, 6.45) is 1.95. The third-order valence-corrected chi connectivity index (χ3v) is 5.60. The van der Waals surface area contributed by atoms with Gasteiger partial charge in [-0.25, -0.2) is 4.98 Å². The first kappa shape index (κ1) is 22.0. The van der Waals surface area contributed by atoms with Crippen LogP contribution in [0.15, 0.2) is 72.9 Å². The van der Waals surface area contributed by atoms with E-state index in [1.807, 2.05) is 24.4 Å². The number of aromatic nitrogens is 2. The molecular formula is C26H30N4O2. The number of benzene rings is 2. The minimum atomic E-state index is 0.656. The Hall–Kier alpha value is -3.19. The molecule has 0 fully saturated rings. The van der Waals surface area contributed by atoms with Crippen LogP contribution in [0.3, 0.4) is 0 Å². The Kier molecular flexibility index (Phi) is 7.17. The van der Waals surface area contributed by atoms with E-state index in [1.165, 1.54) is 11.1 Å². The van der Waals surface area contributed by atoms with E-state index in [4.69, 9.17) is 20.2 Å². The number of nitrogens with two attached hydrogens (primary N) is 1. The molecule has 0 spiro atoms. The first-order valence-corrected chi connectivity index (χ1v) is 10.8. The molecule has 2 aromatic carbocycles. The zero-order chi connectivity index (χ0) is 22.3. The van der Waals surface area contributed by atoms with Crippen molar-refractivity contribution in [1.29, 1.82) is 0 Å². The molecule has 0 aliphatic carbocycles. The summed E-state index contributed by atoms with van der Waals surface area (Å²) in [4.78, 5) is 7.28. The topological polar surface area (TPSA) is 65.0 Å². The maximum Gasteiger partial charge on any atom is 0.137 e. The Morgan fingerprint density at radius 2 is 1.44 bits per heavy atom. The molecule has 32 heavy (non-hydrogen) atoms. The van der Waals surface area contributed by atoms with Gasteiger partial charge in [0, 0.05) is 51.3 Å². The van der Waals surface area contributed by atoms with Crippen molar-refractivity contribution in [2.45, 2.75) is 6.54 Å². The predicted molar refractivity (Wildman–Crippen MR) is 130 cm³/mol. The molecule has 0 radical (unpaired) electrons. The summed E-state index contributed by atoms with van der Waals surface area (Å²) >= 11 is 0. The van der Waals surface area contributed by atoms with Crippen molar-refractivity contribution in [1.82, 2.24) is 14.3 Å². The standard InChI is InChI=1S/C26H30N4O2/c1-31-16-14-29(15-17-32-2)19-24-26(28-25-13-12-23(27)18-30(24)25)22-10-8-21(9-11-22)20-6-4-3-5-7-20/h3-13,18H,14-17,19,27H2,1-2H3. The highest BCUT2D eigenvalue weighted by atomic mass is 16.5. The molecule has 0 aliphatic heterocycles. The van der Waals surface area contributed by atoms with Gasteiger partial charge in [0.2, 0.25) is 0 Å². The van der Waals surface area contributed by atoms with Crippen LogP contribution in [0.5, 0.6) is 0 Å². The third kappa shape index (κ3) is 4.99. The number of rotatable bonds is 10. The molecule has 0 amide bonds. The number of nitrogen functional groups attached to an aromatic ring is 1. The summed E-state index contributed by atoms with van der Waals surface area (Å²) in [5.74, 6) is 0. The summed E-state index contributed by atoms with van der Waals surface area (Å²) in [6.45, 7) is 3.64. The van der Waals surface area contributed by atoms with Crippen LogP contribution in [0, 0.1) is 0 Å². The summed E-state index contributed by atoms with van der Waals surface area (Å²) in [7, 11) is 3.45. The predicted octanol–water partition coefficient (Wildman–Crippen LogP) is 4.35. The number of ether oxygens (including phenoxy) is 2. The number of pyridine rings is 1. The van der Waals surface area contributed by atoms with E-state index in [9.17, 15) is 0 Å². The Labute approximate surface area is 189 Å². The van der Waals surface area contributed by atoms with E-state index < -0.39 is 0 Å². The number of methoxy groups -OCH3 is 2. The van der Waals surface area contributed by atoms with Crippen molar-refractivity contribution in [2.24, 2.45) is 0 Å². The van der Waals surface area contributed by atoms with Gasteiger partial charge in [-0.05, 0) is 23.3 Å². The lowest BCUT2D eigenvalue weighted by Gasteiger charge is -2.22. The molecule has 0 aliphatic rings. The van der Waals surface area contributed by atoms with Gasteiger partial charge in [-0.3, -0.25) is 4.90 Å². The summed E-state index contributed by atoms with van der Waals surface area (Å²) < 4.78 is 12.7. The largest absolute Gasteiger partial charge is 0.398 e. The normalized spacial score (nSPS) is 11.5. The number of hydrogen-bond acceptors (Lipinski definition) is 5. The van der Waals surface area contributed by atoms with Crippen LogP contribution in [0.4, 0.5) is 5.69 Å². The van der Waals surface area contributed by atoms with Crippen molar-refractivity contribution >= 4 is 11.3 Å². The first-order chi connectivity index (χ1) is 15.7. The van der Waals surface area contributed by atoms with E-state index in [0.29, 0.717) is 25.4 Å². The van der Waals surface area contributed by atoms with E-state index in [0.717, 1.165) is 35.7 Å². The number of imidazole rings is 1. The van der Waals surface area contributed by atoms with Crippen LogP contribution in [-0.2, 0) is 16.0 Å². The maximum atomic E-state index is 6.11. The molecule has 166 valence electrons. The SMILES string of the molecule is COCCN(CCOC)Cc1c(-c2ccc(-c3ccccc3)cc2)nc2ccc(N)cn12. The highest BCUT2D eigenvalue weighted by Crippen LogP contribution is 2.29. The lowest BCUT2D eigenvalue weighted by Crippen LogP contribution is -2.31. The van der Waals surface area contributed by atoms with Crippen molar-refractivity contribution in [3.05, 3.63) is 78.6 Å². The number of anilines is 1. The van der Waals surface area contributed by atoms with E-state index in [2.05, 4.69) is 57.8 Å². The first-order valence-electron chi connectivity index (χ1n) is 10.8. The highest BCUT2D eigenvalue weighted by Gasteiger charge is 2.18. The minimum Gasteiger partial charge on any atom is -0.398 e. The van der Waals surface area contributed by atoms with Crippen molar-refractivity contribution in [3.63, 3.8) is 0 Å². The third-order valence-electron chi connectivity index (χ3n) is 5.60. The van der Waals surface area contributed by atoms with Gasteiger partial charge in [0.05, 0.1) is 24.6 Å². The molecule has 0 atom stereocenters. The molecular weight excluding hydrogens is 400 g/mol. The van der Waals surface area contributed by atoms with Crippen LogP contribution in [0.2, 0.25) is 0 Å². The lowest BCUT2D eigenvalue weighted by atomic mass is 10.0. The Balaban J connectivity index is 1.72. The molecule has 4 rings (SSSR count). The Bertz CT molecular complexity index is 1130. The quantitative estimate of drug-likeness (QED) is 0.405. The molecule has 6 heteroatoms. The van der Waals surface area contributed by atoms with Gasteiger partial charge in [-0.2, -0.15) is 0 Å². The summed E-state index contributed by atoms with van der Waals surface area (Å²) in [6, 6.07) is 22.8. The summed E-state index contributed by atoms with van der Waals surface area (Å²) in [5.41, 5.74) is 13.3. The van der Waals surface area contributed by atoms with E-state index in [1.54, 1.807) is 14.2 Å². The van der Waals surface area contributed by atoms with Gasteiger partial charge in [-0.1, -0.05) is 54.6 Å². The second kappa shape index (κ2) is 10.4. The van der Waals surface area contributed by atoms with Gasteiger partial charge in [0.1, 0.15) is 5.65 Å². The van der Waals surface area contributed by atoms with E-state index in [-0.39, 0.29) is 0 Å². The molecule has 2 aromatic heterocycles. The fourth-order valence-corrected chi connectivity index (χ4v) is 3.87. The molecule has 4 aromatic rings. The molecule has 0 unspecified atom stereocenters. The van der Waals surface area contributed by atoms with Gasteiger partial charge in [-0.15, -0.1) is 0 Å². The van der Waals surface area contributed by atoms with E-state index >= 15 is 0 Å². The molecule has 2 heterocycles. The van der Waals surface area contributed by atoms with Gasteiger partial charge in [0.15, 0.2) is 0 Å². The summed E-state index contributed by atoms with van der Waals surface area (Å²) in [5, 5.41) is 0. The van der Waals surface area contributed by atoms with Crippen LogP contribution in [0.25, 0.3) is 28.0 Å². The lowest BCUT2D eigenvalue weighted by molar-refractivity contribution is 0.109. The van der Waals surface area contributed by atoms with Crippen molar-refractivity contribution in [3.8, 4) is 22.4 Å². The second-order valence-corrected chi connectivity index (χ2v) is 7.80. The fraction of sp³-hybridized carbons (Fsp3) is 0.269. The van der Waals surface area contributed by atoms with Crippen LogP contribution in [0.1, 0.15) is 5.69 Å². The molecule has 0 bridgehead atoms. The second-order valence-electron chi connectivity index (χ2n) is 7.80. The van der Waals surface area contributed by atoms with Gasteiger partial charge >= 0.3 is 0 Å². The average Bonchev–Trinajstić information content (AvgIpc) is 3.18. The molecule has 6 nitrogen and oxygen atoms in total. The zero-order valence-electron chi connectivity index (χ0n) is 18.7. The maximum absolute atomic E-state index is 6.11. The van der Waals surface area contributed by atoms with Gasteiger partial charge in [0.25, 0.3) is 0 Å². The number of nitrogens with zero attached hydrogens (tertiary/aromatic N) is 3. The van der Waals surface area contributed by atoms with Crippen LogP contribution in [-0.4, -0.2) is 54.8 Å². The zero-order valence-corrected chi connectivity index (χ0v) is 18.7. The average molecular weight is 431 g/mol. The van der Waals surface area contributed by atoms with Crippen LogP contribution >= 0.6 is 0 Å². The minimum absolute atomic E-state index is 0.656. The van der Waals surface area contributed by atoms with Crippen molar-refractivity contribution < 1.29 is 9.47 Å². The smallest absolute Gasteiger partial charge is 0.137 e. The van der Waals surface area contributed by atoms with Crippen LogP contribution < -0.4 is 5.73 Å². The molecule has 0 saturated heterocycles. The Morgan fingerprint density at radius 1 is 0.812 bits per heavy atom. The van der Waals surface area contributed by atoms with Gasteiger partial charge < -0.3 is 19.6 Å². The molecule has 0 saturated carbocycles. The highest BCUT2D eigenvalue weighted by molar-refractivity contribution is 5.72. The number of hydrogen-bond donors (Lipinski definition) is 1. The van der Waals surface area contributed by atoms with Crippen molar-refractivity contribution in [2.75, 3.05) is 46.3 Å². The molecule has 2 N–H and O–H groups in total. The Morgan fingerprint density at radius 3 is 2.09 bits per heavy atom. The monoisotopic (exact) mass is 430 g/mol. The fourth-order valence-electron chi connectivity index (χ4n) is 3.87. The number of fused-ring (bicyclic) bond motifs is 1.